The molecule has 1 aromatic carbocycles. The van der Waals surface area contributed by atoms with Crippen molar-refractivity contribution in [1.29, 1.82) is 0 Å². The fourth-order valence-electron chi connectivity index (χ4n) is 1.01. The Bertz CT molecular complexity index is 411. The molecule has 0 aliphatic carbocycles. The summed E-state index contributed by atoms with van der Waals surface area (Å²) in [4.78, 5) is 11.0. The third-order valence-corrected chi connectivity index (χ3v) is 1.80. The Balaban J connectivity index is 2.89. The van der Waals surface area contributed by atoms with Crippen molar-refractivity contribution in [3.05, 3.63) is 35.4 Å². The maximum absolute atomic E-state index is 11.0. The predicted molar refractivity (Wildman–Crippen MR) is 59.6 cm³/mol. The number of aliphatic hydroxyl groups is 1. The summed E-state index contributed by atoms with van der Waals surface area (Å²) in [5.74, 6) is 5.59. The van der Waals surface area contributed by atoms with Gasteiger partial charge in [0.05, 0.1) is 0 Å². The Hall–Kier alpha value is -1.59. The molecule has 0 unspecified atom stereocenters. The van der Waals surface area contributed by atoms with Gasteiger partial charge in [-0.05, 0) is 32.9 Å². The Labute approximate surface area is 89.9 Å². The van der Waals surface area contributed by atoms with Crippen LogP contribution in [-0.4, -0.2) is 16.5 Å². The minimum Gasteiger partial charge on any atom is -0.378 e. The lowest BCUT2D eigenvalue weighted by molar-refractivity contribution is 0.101. The highest BCUT2D eigenvalue weighted by molar-refractivity contribution is 5.94. The van der Waals surface area contributed by atoms with Crippen molar-refractivity contribution < 1.29 is 9.90 Å². The first-order valence-corrected chi connectivity index (χ1v) is 4.75. The zero-order valence-electron chi connectivity index (χ0n) is 9.16. The van der Waals surface area contributed by atoms with E-state index in [4.69, 9.17) is 0 Å². The second-order valence-corrected chi connectivity index (χ2v) is 3.94. The van der Waals surface area contributed by atoms with E-state index in [1.165, 1.54) is 6.92 Å². The van der Waals surface area contributed by atoms with Crippen LogP contribution in [0, 0.1) is 11.8 Å². The molecular weight excluding hydrogens is 188 g/mol. The van der Waals surface area contributed by atoms with Gasteiger partial charge >= 0.3 is 0 Å². The third-order valence-electron chi connectivity index (χ3n) is 1.80. The molecule has 0 aromatic heterocycles. The first kappa shape index (κ1) is 11.5. The lowest BCUT2D eigenvalue weighted by Gasteiger charge is -2.05. The van der Waals surface area contributed by atoms with Crippen LogP contribution in [0.4, 0.5) is 0 Å². The maximum atomic E-state index is 11.0. The molecule has 0 spiro atoms. The van der Waals surface area contributed by atoms with Gasteiger partial charge < -0.3 is 5.11 Å². The van der Waals surface area contributed by atoms with Gasteiger partial charge in [0, 0.05) is 11.1 Å². The van der Waals surface area contributed by atoms with Gasteiger partial charge in [-0.1, -0.05) is 24.0 Å². The summed E-state index contributed by atoms with van der Waals surface area (Å²) in [5.41, 5.74) is 0.477. The smallest absolute Gasteiger partial charge is 0.159 e. The van der Waals surface area contributed by atoms with Crippen LogP contribution in [0.25, 0.3) is 0 Å². The molecule has 1 aromatic rings. The van der Waals surface area contributed by atoms with Crippen molar-refractivity contribution in [3.63, 3.8) is 0 Å². The number of carbonyl (C=O) groups is 1. The summed E-state index contributed by atoms with van der Waals surface area (Å²) in [7, 11) is 0. The fourth-order valence-corrected chi connectivity index (χ4v) is 1.01. The molecule has 0 aliphatic heterocycles. The predicted octanol–water partition coefficient (Wildman–Crippen LogP) is 2.01. The molecular formula is C13H14O2. The van der Waals surface area contributed by atoms with Crippen LogP contribution in [0.1, 0.15) is 36.7 Å². The van der Waals surface area contributed by atoms with Gasteiger partial charge in [-0.15, -0.1) is 0 Å². The average Bonchev–Trinajstić information content (AvgIpc) is 2.14. The second-order valence-electron chi connectivity index (χ2n) is 3.94. The van der Waals surface area contributed by atoms with E-state index in [0.717, 1.165) is 5.56 Å². The Kier molecular flexibility index (Phi) is 3.28. The van der Waals surface area contributed by atoms with Crippen LogP contribution >= 0.6 is 0 Å². The number of hydrogen-bond acceptors (Lipinski definition) is 2. The molecule has 0 saturated heterocycles. The number of rotatable bonds is 1. The molecule has 0 saturated carbocycles. The Morgan fingerprint density at radius 1 is 1.27 bits per heavy atom. The first-order chi connectivity index (χ1) is 6.88. The van der Waals surface area contributed by atoms with Crippen LogP contribution in [0.2, 0.25) is 0 Å². The van der Waals surface area contributed by atoms with Crippen LogP contribution in [-0.2, 0) is 0 Å². The van der Waals surface area contributed by atoms with Gasteiger partial charge in [0.25, 0.3) is 0 Å². The summed E-state index contributed by atoms with van der Waals surface area (Å²) in [6.45, 7) is 4.78. The van der Waals surface area contributed by atoms with Crippen molar-refractivity contribution in [2.45, 2.75) is 26.4 Å². The van der Waals surface area contributed by atoms with Gasteiger partial charge in [0.1, 0.15) is 5.60 Å². The molecule has 1 N–H and O–H groups in total. The molecule has 78 valence electrons. The first-order valence-electron chi connectivity index (χ1n) is 4.75. The molecule has 1 rings (SSSR count). The van der Waals surface area contributed by atoms with Crippen molar-refractivity contribution in [2.75, 3.05) is 0 Å². The number of Topliss-reactive ketones (excluding diaryl/α,β-unsaturated/α-hetero) is 1. The standard InChI is InChI=1S/C13H14O2/c1-10(14)12-6-4-11(5-7-12)8-9-13(2,3)15/h4-7,15H,1-3H3. The Morgan fingerprint density at radius 3 is 2.20 bits per heavy atom. The van der Waals surface area contributed by atoms with Gasteiger partial charge in [0.2, 0.25) is 0 Å². The summed E-state index contributed by atoms with van der Waals surface area (Å²) in [6.07, 6.45) is 0. The summed E-state index contributed by atoms with van der Waals surface area (Å²) in [5, 5.41) is 9.39. The highest BCUT2D eigenvalue weighted by Gasteiger charge is 2.05. The summed E-state index contributed by atoms with van der Waals surface area (Å²) in [6, 6.07) is 7.01. The van der Waals surface area contributed by atoms with E-state index in [-0.39, 0.29) is 5.78 Å². The number of ketones is 1. The molecule has 15 heavy (non-hydrogen) atoms. The van der Waals surface area contributed by atoms with E-state index in [2.05, 4.69) is 11.8 Å². The number of hydrogen-bond donors (Lipinski definition) is 1. The number of carbonyl (C=O) groups excluding carboxylic acids is 1. The van der Waals surface area contributed by atoms with Gasteiger partial charge in [-0.25, -0.2) is 0 Å². The zero-order chi connectivity index (χ0) is 11.5. The largest absolute Gasteiger partial charge is 0.378 e. The van der Waals surface area contributed by atoms with Crippen molar-refractivity contribution in [2.24, 2.45) is 0 Å². The summed E-state index contributed by atoms with van der Waals surface area (Å²) >= 11 is 0. The average molecular weight is 202 g/mol. The van der Waals surface area contributed by atoms with E-state index >= 15 is 0 Å². The molecule has 0 aliphatic rings. The summed E-state index contributed by atoms with van der Waals surface area (Å²) < 4.78 is 0. The molecule has 0 bridgehead atoms. The highest BCUT2D eigenvalue weighted by Crippen LogP contribution is 2.05. The minimum absolute atomic E-state index is 0.0389. The monoisotopic (exact) mass is 202 g/mol. The molecule has 2 heteroatoms. The van der Waals surface area contributed by atoms with Crippen LogP contribution in [0.3, 0.4) is 0 Å². The van der Waals surface area contributed by atoms with E-state index in [1.807, 2.05) is 0 Å². The minimum atomic E-state index is -0.987. The quantitative estimate of drug-likeness (QED) is 0.558. The van der Waals surface area contributed by atoms with Crippen LogP contribution in [0.15, 0.2) is 24.3 Å². The fraction of sp³-hybridized carbons (Fsp3) is 0.308. The molecule has 2 nitrogen and oxygen atoms in total. The lowest BCUT2D eigenvalue weighted by atomic mass is 10.1. The van der Waals surface area contributed by atoms with Crippen molar-refractivity contribution in [1.82, 2.24) is 0 Å². The van der Waals surface area contributed by atoms with E-state index in [9.17, 15) is 9.90 Å². The third kappa shape index (κ3) is 3.97. The van der Waals surface area contributed by atoms with Crippen molar-refractivity contribution in [3.8, 4) is 11.8 Å². The van der Waals surface area contributed by atoms with E-state index in [0.29, 0.717) is 5.56 Å². The molecule has 0 atom stereocenters. The van der Waals surface area contributed by atoms with E-state index < -0.39 is 5.60 Å². The van der Waals surface area contributed by atoms with Gasteiger partial charge in [0.15, 0.2) is 5.78 Å². The van der Waals surface area contributed by atoms with Gasteiger partial charge in [-0.3, -0.25) is 4.79 Å². The van der Waals surface area contributed by atoms with Crippen molar-refractivity contribution >= 4 is 5.78 Å². The van der Waals surface area contributed by atoms with E-state index in [1.54, 1.807) is 38.1 Å². The topological polar surface area (TPSA) is 37.3 Å². The molecule has 0 radical (unpaired) electrons. The van der Waals surface area contributed by atoms with Gasteiger partial charge in [-0.2, -0.15) is 0 Å². The molecule has 0 fully saturated rings. The molecule has 0 heterocycles. The molecule has 0 amide bonds. The van der Waals surface area contributed by atoms with Crippen LogP contribution < -0.4 is 0 Å². The highest BCUT2D eigenvalue weighted by atomic mass is 16.3. The maximum Gasteiger partial charge on any atom is 0.159 e. The lowest BCUT2D eigenvalue weighted by Crippen LogP contribution is -2.14. The Morgan fingerprint density at radius 2 is 1.80 bits per heavy atom. The second kappa shape index (κ2) is 4.29. The zero-order valence-corrected chi connectivity index (χ0v) is 9.16. The van der Waals surface area contributed by atoms with Crippen LogP contribution in [0.5, 0.6) is 0 Å². The normalized spacial score (nSPS) is 10.4. The number of benzene rings is 1. The SMILES string of the molecule is CC(=O)c1ccc(C#CC(C)(C)O)cc1.